The normalized spacial score (nSPS) is 17.1. The SMILES string of the molecule is COc1cc(C(F)(F)F)ccc1-c1oc(C(=O)[C@@H]2CCCN(C(=O)OC(C)(C)C)C2)cc1C. The molecule has 0 saturated carbocycles. The maximum absolute atomic E-state index is 13.1. The minimum Gasteiger partial charge on any atom is -0.496 e. The second kappa shape index (κ2) is 9.11. The first-order valence-corrected chi connectivity index (χ1v) is 10.7. The number of likely N-dealkylation sites (tertiary alicyclic amines) is 1. The molecule has 0 radical (unpaired) electrons. The maximum atomic E-state index is 13.1. The minimum atomic E-state index is -4.51. The highest BCUT2D eigenvalue weighted by Gasteiger charge is 2.34. The van der Waals surface area contributed by atoms with Crippen LogP contribution >= 0.6 is 0 Å². The second-order valence-corrected chi connectivity index (χ2v) is 9.17. The number of benzene rings is 1. The van der Waals surface area contributed by atoms with E-state index < -0.39 is 29.4 Å². The Morgan fingerprint density at radius 1 is 1.15 bits per heavy atom. The number of ether oxygens (including phenoxy) is 2. The van der Waals surface area contributed by atoms with Gasteiger partial charge in [0.05, 0.1) is 18.2 Å². The Bertz CT molecular complexity index is 1040. The molecule has 0 aliphatic carbocycles. The number of Topliss-reactive ketones (excluding diaryl/α,β-unsaturated/α-hetero) is 1. The number of methoxy groups -OCH3 is 1. The average Bonchev–Trinajstić information content (AvgIpc) is 3.12. The van der Waals surface area contributed by atoms with Crippen molar-refractivity contribution in [1.29, 1.82) is 0 Å². The van der Waals surface area contributed by atoms with E-state index >= 15 is 0 Å². The van der Waals surface area contributed by atoms with E-state index in [0.29, 0.717) is 30.5 Å². The summed E-state index contributed by atoms with van der Waals surface area (Å²) in [4.78, 5) is 27.1. The molecule has 1 aliphatic heterocycles. The third-order valence-electron chi connectivity index (χ3n) is 5.38. The fourth-order valence-corrected chi connectivity index (χ4v) is 3.81. The molecule has 0 unspecified atom stereocenters. The Hall–Kier alpha value is -2.97. The first-order chi connectivity index (χ1) is 15.3. The third-order valence-corrected chi connectivity index (χ3v) is 5.38. The lowest BCUT2D eigenvalue weighted by Crippen LogP contribution is -2.44. The van der Waals surface area contributed by atoms with Crippen LogP contribution in [0, 0.1) is 12.8 Å². The predicted octanol–water partition coefficient (Wildman–Crippen LogP) is 6.11. The number of hydrogen-bond acceptors (Lipinski definition) is 5. The molecule has 0 spiro atoms. The number of halogens is 3. The van der Waals surface area contributed by atoms with E-state index in [1.165, 1.54) is 18.1 Å². The molecule has 0 bridgehead atoms. The van der Waals surface area contributed by atoms with Crippen LogP contribution < -0.4 is 4.74 Å². The topological polar surface area (TPSA) is 69.0 Å². The van der Waals surface area contributed by atoms with Crippen LogP contribution in [0.5, 0.6) is 5.75 Å². The summed E-state index contributed by atoms with van der Waals surface area (Å²) >= 11 is 0. The minimum absolute atomic E-state index is 0.00459. The van der Waals surface area contributed by atoms with Crippen LogP contribution in [-0.2, 0) is 10.9 Å². The molecule has 180 valence electrons. The van der Waals surface area contributed by atoms with Crippen molar-refractivity contribution in [3.63, 3.8) is 0 Å². The van der Waals surface area contributed by atoms with E-state index in [2.05, 4.69) is 0 Å². The number of amides is 1. The third kappa shape index (κ3) is 5.69. The molecule has 33 heavy (non-hydrogen) atoms. The van der Waals surface area contributed by atoms with Crippen molar-refractivity contribution in [2.75, 3.05) is 20.2 Å². The van der Waals surface area contributed by atoms with Crippen molar-refractivity contribution in [2.45, 2.75) is 52.3 Å². The van der Waals surface area contributed by atoms with Crippen molar-refractivity contribution in [1.82, 2.24) is 4.90 Å². The van der Waals surface area contributed by atoms with E-state index in [1.54, 1.807) is 33.8 Å². The Morgan fingerprint density at radius 3 is 2.45 bits per heavy atom. The molecule has 1 aromatic heterocycles. The summed E-state index contributed by atoms with van der Waals surface area (Å²) < 4.78 is 55.5. The van der Waals surface area contributed by atoms with E-state index in [-0.39, 0.29) is 29.6 Å². The summed E-state index contributed by atoms with van der Waals surface area (Å²) in [5, 5.41) is 0. The first-order valence-electron chi connectivity index (χ1n) is 10.7. The van der Waals surface area contributed by atoms with Gasteiger partial charge in [-0.3, -0.25) is 4.79 Å². The Labute approximate surface area is 190 Å². The van der Waals surface area contributed by atoms with Crippen LogP contribution in [0.1, 0.15) is 55.3 Å². The smallest absolute Gasteiger partial charge is 0.416 e. The molecule has 1 amide bonds. The van der Waals surface area contributed by atoms with Gasteiger partial charge >= 0.3 is 12.3 Å². The molecule has 6 nitrogen and oxygen atoms in total. The molecule has 1 fully saturated rings. The number of piperidine rings is 1. The molecule has 1 saturated heterocycles. The van der Waals surface area contributed by atoms with Crippen molar-refractivity contribution >= 4 is 11.9 Å². The highest BCUT2D eigenvalue weighted by atomic mass is 19.4. The Kier molecular flexibility index (Phi) is 6.81. The lowest BCUT2D eigenvalue weighted by atomic mass is 9.92. The van der Waals surface area contributed by atoms with Crippen LogP contribution in [-0.4, -0.2) is 42.6 Å². The number of carbonyl (C=O) groups excluding carboxylic acids is 2. The van der Waals surface area contributed by atoms with Crippen LogP contribution in [0.2, 0.25) is 0 Å². The maximum Gasteiger partial charge on any atom is 0.416 e. The number of nitrogens with zero attached hydrogens (tertiary/aromatic N) is 1. The summed E-state index contributed by atoms with van der Waals surface area (Å²) in [6, 6.07) is 4.69. The van der Waals surface area contributed by atoms with Gasteiger partial charge in [-0.05, 0) is 70.4 Å². The number of ketones is 1. The van der Waals surface area contributed by atoms with Crippen LogP contribution in [0.3, 0.4) is 0 Å². The van der Waals surface area contributed by atoms with Crippen LogP contribution in [0.4, 0.5) is 18.0 Å². The first kappa shape index (κ1) is 24.7. The summed E-state index contributed by atoms with van der Waals surface area (Å²) in [5.41, 5.74) is -0.563. The molecule has 3 rings (SSSR count). The number of furan rings is 1. The molecular weight excluding hydrogens is 439 g/mol. The van der Waals surface area contributed by atoms with Gasteiger partial charge in [-0.2, -0.15) is 13.2 Å². The summed E-state index contributed by atoms with van der Waals surface area (Å²) in [6.45, 7) is 7.76. The van der Waals surface area contributed by atoms with Gasteiger partial charge in [0.2, 0.25) is 5.78 Å². The van der Waals surface area contributed by atoms with Crippen LogP contribution in [0.15, 0.2) is 28.7 Å². The Morgan fingerprint density at radius 2 is 1.85 bits per heavy atom. The van der Waals surface area contributed by atoms with E-state index in [4.69, 9.17) is 13.9 Å². The van der Waals surface area contributed by atoms with Crippen molar-refractivity contribution in [3.05, 3.63) is 41.2 Å². The monoisotopic (exact) mass is 467 g/mol. The van der Waals surface area contributed by atoms with Gasteiger partial charge in [-0.15, -0.1) is 0 Å². The number of rotatable bonds is 4. The molecule has 9 heteroatoms. The van der Waals surface area contributed by atoms with Crippen molar-refractivity contribution < 1.29 is 36.7 Å². The summed E-state index contributed by atoms with van der Waals surface area (Å²) in [5.74, 6) is -0.359. The lowest BCUT2D eigenvalue weighted by Gasteiger charge is -2.33. The number of carbonyl (C=O) groups is 2. The summed E-state index contributed by atoms with van der Waals surface area (Å²) in [7, 11) is 1.27. The van der Waals surface area contributed by atoms with Crippen molar-refractivity contribution in [3.8, 4) is 17.1 Å². The van der Waals surface area contributed by atoms with Gasteiger partial charge in [0.1, 0.15) is 17.1 Å². The molecule has 0 N–H and O–H groups in total. The molecule has 1 aliphatic rings. The van der Waals surface area contributed by atoms with Crippen molar-refractivity contribution in [2.24, 2.45) is 5.92 Å². The summed E-state index contributed by atoms with van der Waals surface area (Å²) in [6.07, 6.45) is -3.73. The zero-order valence-corrected chi connectivity index (χ0v) is 19.3. The van der Waals surface area contributed by atoms with Gasteiger partial charge in [0, 0.05) is 19.0 Å². The lowest BCUT2D eigenvalue weighted by molar-refractivity contribution is -0.137. The Balaban J connectivity index is 1.83. The van der Waals surface area contributed by atoms with Gasteiger partial charge in [-0.1, -0.05) is 0 Å². The molecule has 2 aromatic rings. The largest absolute Gasteiger partial charge is 0.496 e. The zero-order valence-electron chi connectivity index (χ0n) is 19.3. The highest BCUT2D eigenvalue weighted by Crippen LogP contribution is 2.39. The zero-order chi connectivity index (χ0) is 24.6. The standard InChI is InChI=1S/C24H28F3NO5/c1-14-11-19(20(29)15-7-6-10-28(13-15)22(30)33-23(2,3)4)32-21(14)17-9-8-16(24(25,26)27)12-18(17)31-5/h8-9,11-12,15H,6-7,10,13H2,1-5H3/t15-/m1/s1. The number of hydrogen-bond donors (Lipinski definition) is 0. The van der Waals surface area contributed by atoms with E-state index in [1.807, 2.05) is 0 Å². The van der Waals surface area contributed by atoms with Gasteiger partial charge in [-0.25, -0.2) is 4.79 Å². The average molecular weight is 467 g/mol. The van der Waals surface area contributed by atoms with Crippen LogP contribution in [0.25, 0.3) is 11.3 Å². The molecule has 2 heterocycles. The fourth-order valence-electron chi connectivity index (χ4n) is 3.81. The molecular formula is C24H28F3NO5. The molecule has 1 atom stereocenters. The van der Waals surface area contributed by atoms with E-state index in [9.17, 15) is 22.8 Å². The predicted molar refractivity (Wildman–Crippen MR) is 115 cm³/mol. The fraction of sp³-hybridized carbons (Fsp3) is 0.500. The molecule has 1 aromatic carbocycles. The second-order valence-electron chi connectivity index (χ2n) is 9.17. The number of alkyl halides is 3. The number of aryl methyl sites for hydroxylation is 1. The van der Waals surface area contributed by atoms with Gasteiger partial charge < -0.3 is 18.8 Å². The van der Waals surface area contributed by atoms with Gasteiger partial charge in [0.25, 0.3) is 0 Å². The highest BCUT2D eigenvalue weighted by molar-refractivity contribution is 5.96. The van der Waals surface area contributed by atoms with E-state index in [0.717, 1.165) is 12.1 Å². The van der Waals surface area contributed by atoms with Gasteiger partial charge in [0.15, 0.2) is 5.76 Å². The quantitative estimate of drug-likeness (QED) is 0.508.